The molecule has 0 fully saturated rings. The number of hydrogen-bond donors (Lipinski definition) is 2. The molecule has 140 valence electrons. The fourth-order valence-electron chi connectivity index (χ4n) is 2.36. The van der Waals surface area contributed by atoms with Crippen LogP contribution < -0.4 is 10.1 Å². The van der Waals surface area contributed by atoms with Crippen molar-refractivity contribution in [3.8, 4) is 5.75 Å². The first-order valence-corrected chi connectivity index (χ1v) is 8.04. The minimum atomic E-state index is -4.42. The Morgan fingerprint density at radius 1 is 1.12 bits per heavy atom. The number of nitrogens with one attached hydrogen (secondary N) is 1. The van der Waals surface area contributed by atoms with Crippen LogP contribution >= 0.6 is 0 Å². The smallest absolute Gasteiger partial charge is 0.416 e. The SMILES string of the molecule is COc1ccc(CCC(=O)NCC(O)c2ccc(C(F)(F)F)cc2)cc1. The molecule has 7 heteroatoms. The Balaban J connectivity index is 1.78. The van der Waals surface area contributed by atoms with Crippen LogP contribution in [-0.2, 0) is 17.4 Å². The minimum absolute atomic E-state index is 0.0627. The van der Waals surface area contributed by atoms with Gasteiger partial charge in [0, 0.05) is 13.0 Å². The number of aliphatic hydroxyl groups is 1. The van der Waals surface area contributed by atoms with Gasteiger partial charge < -0.3 is 15.2 Å². The molecule has 0 bridgehead atoms. The van der Waals surface area contributed by atoms with Crippen LogP contribution in [-0.4, -0.2) is 24.7 Å². The number of alkyl halides is 3. The number of halogens is 3. The number of aliphatic hydroxyl groups excluding tert-OH is 1. The summed E-state index contributed by atoms with van der Waals surface area (Å²) in [4.78, 5) is 11.9. The minimum Gasteiger partial charge on any atom is -0.497 e. The van der Waals surface area contributed by atoms with Crippen LogP contribution in [0.5, 0.6) is 5.75 Å². The number of carbonyl (C=O) groups excluding carboxylic acids is 1. The van der Waals surface area contributed by atoms with Crippen molar-refractivity contribution in [3.05, 3.63) is 65.2 Å². The lowest BCUT2D eigenvalue weighted by Crippen LogP contribution is -2.28. The van der Waals surface area contributed by atoms with Gasteiger partial charge in [0.05, 0.1) is 18.8 Å². The maximum atomic E-state index is 12.5. The van der Waals surface area contributed by atoms with Crippen molar-refractivity contribution in [1.29, 1.82) is 0 Å². The molecule has 2 aromatic carbocycles. The average Bonchev–Trinajstić information content (AvgIpc) is 2.64. The van der Waals surface area contributed by atoms with Gasteiger partial charge >= 0.3 is 6.18 Å². The van der Waals surface area contributed by atoms with Crippen molar-refractivity contribution >= 4 is 5.91 Å². The Bertz CT molecular complexity index is 712. The summed E-state index contributed by atoms with van der Waals surface area (Å²) in [6.45, 7) is -0.0627. The Morgan fingerprint density at radius 2 is 1.73 bits per heavy atom. The summed E-state index contributed by atoms with van der Waals surface area (Å²) in [6, 6.07) is 11.6. The number of hydrogen-bond acceptors (Lipinski definition) is 3. The second-order valence-corrected chi connectivity index (χ2v) is 5.79. The molecule has 1 atom stereocenters. The van der Waals surface area contributed by atoms with E-state index in [4.69, 9.17) is 4.74 Å². The van der Waals surface area contributed by atoms with Crippen LogP contribution in [0.25, 0.3) is 0 Å². The van der Waals surface area contributed by atoms with Crippen molar-refractivity contribution < 1.29 is 27.8 Å². The molecule has 0 aliphatic rings. The molecular formula is C19H20F3NO3. The number of ether oxygens (including phenoxy) is 1. The summed E-state index contributed by atoms with van der Waals surface area (Å²) in [6.07, 6.45) is -4.71. The van der Waals surface area contributed by atoms with Crippen LogP contribution in [0.1, 0.15) is 29.2 Å². The number of benzene rings is 2. The largest absolute Gasteiger partial charge is 0.497 e. The highest BCUT2D eigenvalue weighted by atomic mass is 19.4. The van der Waals surface area contributed by atoms with Gasteiger partial charge in [-0.25, -0.2) is 0 Å². The number of aryl methyl sites for hydroxylation is 1. The maximum Gasteiger partial charge on any atom is 0.416 e. The van der Waals surface area contributed by atoms with Crippen LogP contribution in [0.2, 0.25) is 0 Å². The zero-order chi connectivity index (χ0) is 19.2. The molecule has 0 heterocycles. The van der Waals surface area contributed by atoms with E-state index in [0.29, 0.717) is 12.0 Å². The molecular weight excluding hydrogens is 347 g/mol. The van der Waals surface area contributed by atoms with E-state index in [1.54, 1.807) is 7.11 Å². The Kier molecular flexibility index (Phi) is 6.63. The molecule has 0 aromatic heterocycles. The van der Waals surface area contributed by atoms with E-state index in [9.17, 15) is 23.1 Å². The van der Waals surface area contributed by atoms with E-state index in [1.807, 2.05) is 24.3 Å². The molecule has 0 saturated carbocycles. The summed E-state index contributed by atoms with van der Waals surface area (Å²) in [5, 5.41) is 12.6. The van der Waals surface area contributed by atoms with Crippen LogP contribution in [0.4, 0.5) is 13.2 Å². The van der Waals surface area contributed by atoms with Gasteiger partial charge in [-0.2, -0.15) is 13.2 Å². The van der Waals surface area contributed by atoms with E-state index < -0.39 is 17.8 Å². The third kappa shape index (κ3) is 5.77. The third-order valence-electron chi connectivity index (χ3n) is 3.92. The molecule has 0 spiro atoms. The normalized spacial score (nSPS) is 12.5. The van der Waals surface area contributed by atoms with Gasteiger partial charge in [-0.1, -0.05) is 24.3 Å². The molecule has 2 aromatic rings. The highest BCUT2D eigenvalue weighted by molar-refractivity contribution is 5.76. The summed E-state index contributed by atoms with van der Waals surface area (Å²) in [5.41, 5.74) is 0.509. The van der Waals surface area contributed by atoms with Crippen LogP contribution in [0.3, 0.4) is 0 Å². The second kappa shape index (κ2) is 8.71. The first kappa shape index (κ1) is 19.8. The molecule has 1 amide bonds. The van der Waals surface area contributed by atoms with Crippen molar-refractivity contribution in [2.24, 2.45) is 0 Å². The molecule has 0 aliphatic heterocycles. The van der Waals surface area contributed by atoms with Crippen molar-refractivity contribution in [2.45, 2.75) is 25.1 Å². The van der Waals surface area contributed by atoms with Crippen molar-refractivity contribution in [3.63, 3.8) is 0 Å². The fraction of sp³-hybridized carbons (Fsp3) is 0.316. The summed E-state index contributed by atoms with van der Waals surface area (Å²) >= 11 is 0. The van der Waals surface area contributed by atoms with Gasteiger partial charge in [-0.15, -0.1) is 0 Å². The summed E-state index contributed by atoms with van der Waals surface area (Å²) in [5.74, 6) is 0.490. The molecule has 1 unspecified atom stereocenters. The van der Waals surface area contributed by atoms with Gasteiger partial charge in [0.1, 0.15) is 5.75 Å². The number of amides is 1. The van der Waals surface area contributed by atoms with E-state index in [-0.39, 0.29) is 18.9 Å². The number of methoxy groups -OCH3 is 1. The first-order valence-electron chi connectivity index (χ1n) is 8.04. The highest BCUT2D eigenvalue weighted by Gasteiger charge is 2.30. The quantitative estimate of drug-likeness (QED) is 0.788. The van der Waals surface area contributed by atoms with Crippen LogP contribution in [0, 0.1) is 0 Å². The predicted molar refractivity (Wildman–Crippen MR) is 90.7 cm³/mol. The fourth-order valence-corrected chi connectivity index (χ4v) is 2.36. The Morgan fingerprint density at radius 3 is 2.27 bits per heavy atom. The topological polar surface area (TPSA) is 58.6 Å². The Labute approximate surface area is 149 Å². The monoisotopic (exact) mass is 367 g/mol. The lowest BCUT2D eigenvalue weighted by molar-refractivity contribution is -0.137. The van der Waals surface area contributed by atoms with E-state index in [2.05, 4.69) is 5.32 Å². The second-order valence-electron chi connectivity index (χ2n) is 5.79. The molecule has 2 rings (SSSR count). The van der Waals surface area contributed by atoms with Gasteiger partial charge in [0.15, 0.2) is 0 Å². The number of carbonyl (C=O) groups is 1. The lowest BCUT2D eigenvalue weighted by atomic mass is 10.1. The standard InChI is InChI=1S/C19H20F3NO3/c1-26-16-9-2-13(3-10-16)4-11-18(25)23-12-17(24)14-5-7-15(8-6-14)19(20,21)22/h2-3,5-10,17,24H,4,11-12H2,1H3,(H,23,25). The average molecular weight is 367 g/mol. The van der Waals surface area contributed by atoms with Gasteiger partial charge in [-0.05, 0) is 41.8 Å². The van der Waals surface area contributed by atoms with E-state index in [1.165, 1.54) is 12.1 Å². The van der Waals surface area contributed by atoms with Gasteiger partial charge in [0.25, 0.3) is 0 Å². The molecule has 26 heavy (non-hydrogen) atoms. The van der Waals surface area contributed by atoms with Crippen LogP contribution in [0.15, 0.2) is 48.5 Å². The highest BCUT2D eigenvalue weighted by Crippen LogP contribution is 2.29. The summed E-state index contributed by atoms with van der Waals surface area (Å²) < 4.78 is 42.6. The van der Waals surface area contributed by atoms with Gasteiger partial charge in [-0.3, -0.25) is 4.79 Å². The van der Waals surface area contributed by atoms with Gasteiger partial charge in [0.2, 0.25) is 5.91 Å². The predicted octanol–water partition coefficient (Wildman–Crippen LogP) is 3.50. The van der Waals surface area contributed by atoms with Crippen molar-refractivity contribution in [1.82, 2.24) is 5.32 Å². The molecule has 0 aliphatic carbocycles. The zero-order valence-corrected chi connectivity index (χ0v) is 14.2. The van der Waals surface area contributed by atoms with E-state index in [0.717, 1.165) is 23.4 Å². The summed E-state index contributed by atoms with van der Waals surface area (Å²) in [7, 11) is 1.57. The molecule has 0 saturated heterocycles. The number of rotatable bonds is 7. The third-order valence-corrected chi connectivity index (χ3v) is 3.92. The maximum absolute atomic E-state index is 12.5. The van der Waals surface area contributed by atoms with Crippen molar-refractivity contribution in [2.75, 3.05) is 13.7 Å². The molecule has 2 N–H and O–H groups in total. The Hall–Kier alpha value is -2.54. The first-order chi connectivity index (χ1) is 12.3. The molecule has 4 nitrogen and oxygen atoms in total. The molecule has 0 radical (unpaired) electrons. The zero-order valence-electron chi connectivity index (χ0n) is 14.2. The van der Waals surface area contributed by atoms with E-state index >= 15 is 0 Å². The lowest BCUT2D eigenvalue weighted by Gasteiger charge is -2.14.